The number of esters is 3. The molecule has 0 aliphatic heterocycles. The van der Waals surface area contributed by atoms with Crippen molar-refractivity contribution in [2.75, 3.05) is 13.2 Å². The highest BCUT2D eigenvalue weighted by Crippen LogP contribution is 2.16. The van der Waals surface area contributed by atoms with Crippen molar-refractivity contribution in [2.24, 2.45) is 0 Å². The Kier molecular flexibility index (Phi) is 55.3. The lowest BCUT2D eigenvalue weighted by Gasteiger charge is -2.18. The summed E-state index contributed by atoms with van der Waals surface area (Å²) in [6.07, 6.45) is 72.1. The predicted octanol–water partition coefficient (Wildman–Crippen LogP) is 20.0. The van der Waals surface area contributed by atoms with Gasteiger partial charge in [-0.25, -0.2) is 0 Å². The second kappa shape index (κ2) is 57.7. The van der Waals surface area contributed by atoms with Crippen LogP contribution in [0.25, 0.3) is 0 Å². The molecule has 0 amide bonds. The molecule has 400 valence electrons. The van der Waals surface area contributed by atoms with Crippen LogP contribution in [0.3, 0.4) is 0 Å². The minimum atomic E-state index is -0.789. The smallest absolute Gasteiger partial charge is 0.306 e. The maximum Gasteiger partial charge on any atom is 0.306 e. The van der Waals surface area contributed by atoms with Crippen molar-refractivity contribution in [3.8, 4) is 0 Å². The summed E-state index contributed by atoms with van der Waals surface area (Å²) < 4.78 is 16.9. The zero-order valence-corrected chi connectivity index (χ0v) is 45.8. The van der Waals surface area contributed by atoms with E-state index in [2.05, 4.69) is 81.5 Å². The Bertz CT molecular complexity index is 1250. The van der Waals surface area contributed by atoms with Gasteiger partial charge in [0.15, 0.2) is 6.10 Å². The van der Waals surface area contributed by atoms with Gasteiger partial charge in [0, 0.05) is 19.3 Å². The van der Waals surface area contributed by atoms with Crippen LogP contribution in [0.15, 0.2) is 60.8 Å². The number of hydrogen-bond acceptors (Lipinski definition) is 6. The highest BCUT2D eigenvalue weighted by atomic mass is 16.6. The van der Waals surface area contributed by atoms with E-state index in [0.29, 0.717) is 19.3 Å². The lowest BCUT2D eigenvalue weighted by Crippen LogP contribution is -2.30. The molecule has 0 aliphatic rings. The number of carbonyl (C=O) groups is 3. The lowest BCUT2D eigenvalue weighted by molar-refractivity contribution is -0.167. The van der Waals surface area contributed by atoms with Crippen LogP contribution in [0.2, 0.25) is 0 Å². The number of rotatable bonds is 54. The largest absolute Gasteiger partial charge is 0.462 e. The van der Waals surface area contributed by atoms with Gasteiger partial charge in [-0.2, -0.15) is 0 Å². The Morgan fingerprint density at radius 3 is 0.899 bits per heavy atom. The standard InChI is InChI=1S/C63H112O6/c1-4-7-10-13-16-19-22-25-28-30-31-33-35-38-41-44-47-50-53-56-62(65)68-59-60(58-67-61(64)55-52-49-46-43-40-37-34-27-24-21-18-15-12-9-6-3)69-63(66)57-54-51-48-45-42-39-36-32-29-26-23-20-17-14-11-8-5-2/h8,11,17,20,26-27,29,34,36,39,60H,4-7,9-10,12-16,18-19,21-25,28,30-33,35,37-38,40-59H2,1-3H3/b11-8-,20-17-,29-26-,34-27-,39-36-. The zero-order chi connectivity index (χ0) is 50.0. The highest BCUT2D eigenvalue weighted by Gasteiger charge is 2.19. The first kappa shape index (κ1) is 66.1. The summed E-state index contributed by atoms with van der Waals surface area (Å²) in [7, 11) is 0. The Morgan fingerprint density at radius 1 is 0.304 bits per heavy atom. The van der Waals surface area contributed by atoms with Gasteiger partial charge in [0.25, 0.3) is 0 Å². The maximum absolute atomic E-state index is 12.9. The molecule has 0 fully saturated rings. The van der Waals surface area contributed by atoms with E-state index in [9.17, 15) is 14.4 Å². The fourth-order valence-electron chi connectivity index (χ4n) is 8.55. The summed E-state index contributed by atoms with van der Waals surface area (Å²) in [6.45, 7) is 6.53. The summed E-state index contributed by atoms with van der Waals surface area (Å²) in [6, 6.07) is 0. The van der Waals surface area contributed by atoms with Crippen molar-refractivity contribution in [3.63, 3.8) is 0 Å². The van der Waals surface area contributed by atoms with Crippen LogP contribution in [-0.4, -0.2) is 37.2 Å². The summed E-state index contributed by atoms with van der Waals surface area (Å²) in [4.78, 5) is 38.2. The number of ether oxygens (including phenoxy) is 3. The minimum absolute atomic E-state index is 0.0841. The summed E-state index contributed by atoms with van der Waals surface area (Å²) in [5, 5.41) is 0. The van der Waals surface area contributed by atoms with Crippen LogP contribution in [-0.2, 0) is 28.6 Å². The molecule has 0 aromatic carbocycles. The molecule has 0 bridgehead atoms. The number of unbranched alkanes of at least 4 members (excludes halogenated alkanes) is 33. The van der Waals surface area contributed by atoms with Gasteiger partial charge in [0.1, 0.15) is 13.2 Å². The number of allylic oxidation sites excluding steroid dienone is 10. The zero-order valence-electron chi connectivity index (χ0n) is 45.8. The molecular formula is C63H112O6. The first-order chi connectivity index (χ1) is 34.0. The van der Waals surface area contributed by atoms with Gasteiger partial charge in [-0.1, -0.05) is 261 Å². The Labute approximate surface area is 428 Å². The fourth-order valence-corrected chi connectivity index (χ4v) is 8.55. The van der Waals surface area contributed by atoms with Gasteiger partial charge in [-0.3, -0.25) is 14.4 Å². The number of hydrogen-bond donors (Lipinski definition) is 0. The molecule has 1 unspecified atom stereocenters. The van der Waals surface area contributed by atoms with Gasteiger partial charge in [0.2, 0.25) is 0 Å². The van der Waals surface area contributed by atoms with Gasteiger partial charge in [0.05, 0.1) is 0 Å². The molecule has 0 heterocycles. The van der Waals surface area contributed by atoms with E-state index in [-0.39, 0.29) is 31.1 Å². The third-order valence-electron chi connectivity index (χ3n) is 13.0. The van der Waals surface area contributed by atoms with E-state index in [0.717, 1.165) is 103 Å². The van der Waals surface area contributed by atoms with Crippen molar-refractivity contribution < 1.29 is 28.6 Å². The minimum Gasteiger partial charge on any atom is -0.462 e. The van der Waals surface area contributed by atoms with Crippen molar-refractivity contribution in [1.29, 1.82) is 0 Å². The van der Waals surface area contributed by atoms with Crippen LogP contribution in [0.1, 0.15) is 303 Å². The molecule has 0 N–H and O–H groups in total. The molecule has 6 heteroatoms. The molecule has 0 saturated carbocycles. The molecule has 0 aliphatic carbocycles. The quantitative estimate of drug-likeness (QED) is 0.0262. The van der Waals surface area contributed by atoms with E-state index in [1.165, 1.54) is 161 Å². The van der Waals surface area contributed by atoms with Crippen molar-refractivity contribution in [3.05, 3.63) is 60.8 Å². The molecule has 1 atom stereocenters. The number of carbonyl (C=O) groups excluding carboxylic acids is 3. The summed E-state index contributed by atoms with van der Waals surface area (Å²) >= 11 is 0. The third-order valence-corrected chi connectivity index (χ3v) is 13.0. The average molecular weight is 966 g/mol. The summed E-state index contributed by atoms with van der Waals surface area (Å²) in [5.74, 6) is -0.902. The van der Waals surface area contributed by atoms with Crippen LogP contribution in [0.4, 0.5) is 0 Å². The highest BCUT2D eigenvalue weighted by molar-refractivity contribution is 5.71. The molecule has 6 nitrogen and oxygen atoms in total. The van der Waals surface area contributed by atoms with Crippen LogP contribution < -0.4 is 0 Å². The Morgan fingerprint density at radius 2 is 0.565 bits per heavy atom. The second-order valence-electron chi connectivity index (χ2n) is 19.9. The van der Waals surface area contributed by atoms with Crippen LogP contribution in [0.5, 0.6) is 0 Å². The van der Waals surface area contributed by atoms with Crippen molar-refractivity contribution >= 4 is 17.9 Å². The molecule has 0 radical (unpaired) electrons. The maximum atomic E-state index is 12.9. The fraction of sp³-hybridized carbons (Fsp3) is 0.794. The van der Waals surface area contributed by atoms with E-state index >= 15 is 0 Å². The predicted molar refractivity (Wildman–Crippen MR) is 298 cm³/mol. The van der Waals surface area contributed by atoms with Crippen LogP contribution in [0, 0.1) is 0 Å². The normalized spacial score (nSPS) is 12.4. The molecule has 0 rings (SSSR count). The van der Waals surface area contributed by atoms with Gasteiger partial charge in [-0.05, 0) is 83.5 Å². The summed E-state index contributed by atoms with van der Waals surface area (Å²) in [5.41, 5.74) is 0. The first-order valence-corrected chi connectivity index (χ1v) is 29.8. The topological polar surface area (TPSA) is 78.9 Å². The molecule has 0 saturated heterocycles. The Balaban J connectivity index is 4.39. The van der Waals surface area contributed by atoms with Crippen molar-refractivity contribution in [1.82, 2.24) is 0 Å². The van der Waals surface area contributed by atoms with E-state index in [4.69, 9.17) is 14.2 Å². The van der Waals surface area contributed by atoms with Gasteiger partial charge in [-0.15, -0.1) is 0 Å². The van der Waals surface area contributed by atoms with E-state index in [1.54, 1.807) is 0 Å². The third kappa shape index (κ3) is 55.9. The Hall–Kier alpha value is -2.89. The SMILES string of the molecule is CC/C=C\C/C=C\C/C=C\C/C=C\CCCCCCC(=O)OC(COC(=O)CCCCCCC/C=C\CCCCCCCC)COC(=O)CCCCCCCCCCCCCCCCCCCCC. The molecule has 0 aromatic rings. The molecule has 69 heavy (non-hydrogen) atoms. The lowest BCUT2D eigenvalue weighted by atomic mass is 10.0. The van der Waals surface area contributed by atoms with E-state index < -0.39 is 6.10 Å². The first-order valence-electron chi connectivity index (χ1n) is 29.8. The van der Waals surface area contributed by atoms with Crippen LogP contribution >= 0.6 is 0 Å². The van der Waals surface area contributed by atoms with E-state index in [1.807, 2.05) is 0 Å². The van der Waals surface area contributed by atoms with Gasteiger partial charge >= 0.3 is 17.9 Å². The molecule has 0 spiro atoms. The van der Waals surface area contributed by atoms with Gasteiger partial charge < -0.3 is 14.2 Å². The average Bonchev–Trinajstić information content (AvgIpc) is 3.35. The second-order valence-corrected chi connectivity index (χ2v) is 19.9. The van der Waals surface area contributed by atoms with Crippen molar-refractivity contribution in [2.45, 2.75) is 309 Å². The monoisotopic (exact) mass is 965 g/mol. The molecule has 0 aromatic heterocycles. The molecular weight excluding hydrogens is 853 g/mol.